The smallest absolute Gasteiger partial charge is 0.317 e. The molecular weight excluding hydrogens is 531 g/mol. The Kier molecular flexibility index (Phi) is 9.24. The number of nitrogens with one attached hydrogen (secondary N) is 2. The van der Waals surface area contributed by atoms with Crippen molar-refractivity contribution in [2.24, 2.45) is 0 Å². The molecule has 1 aliphatic rings. The molecule has 1 aromatic carbocycles. The minimum Gasteiger partial charge on any atom is -0.495 e. The molecule has 4 rings (SSSR count). The first-order chi connectivity index (χ1) is 18.4. The summed E-state index contributed by atoms with van der Waals surface area (Å²) < 4.78 is 6.85. The fraction of sp³-hybridized carbons (Fsp3) is 0.400. The summed E-state index contributed by atoms with van der Waals surface area (Å²) in [5.41, 5.74) is 0.845. The second kappa shape index (κ2) is 12.8. The van der Waals surface area contributed by atoms with Crippen LogP contribution in [0.3, 0.4) is 0 Å². The normalized spacial score (nSPS) is 15.3. The number of urea groups is 1. The molecular formula is C25H30Cl2N8O3. The number of piperazine rings is 1. The van der Waals surface area contributed by atoms with Gasteiger partial charge < -0.3 is 25.2 Å². The van der Waals surface area contributed by atoms with Gasteiger partial charge in [0.1, 0.15) is 23.0 Å². The zero-order valence-electron chi connectivity index (χ0n) is 21.2. The third-order valence-electron chi connectivity index (χ3n) is 6.12. The molecule has 1 aliphatic heterocycles. The van der Waals surface area contributed by atoms with Crippen molar-refractivity contribution in [2.45, 2.75) is 32.4 Å². The van der Waals surface area contributed by atoms with Crippen molar-refractivity contribution in [3.05, 3.63) is 58.7 Å². The van der Waals surface area contributed by atoms with Gasteiger partial charge in [0.05, 0.1) is 18.2 Å². The molecule has 202 valence electrons. The van der Waals surface area contributed by atoms with E-state index in [0.717, 1.165) is 12.0 Å². The van der Waals surface area contributed by atoms with Crippen molar-refractivity contribution >= 4 is 41.0 Å². The van der Waals surface area contributed by atoms with Gasteiger partial charge in [0.15, 0.2) is 0 Å². The molecule has 1 saturated heterocycles. The van der Waals surface area contributed by atoms with Gasteiger partial charge in [-0.2, -0.15) is 4.98 Å². The lowest BCUT2D eigenvalue weighted by atomic mass is 10.1. The Morgan fingerprint density at radius 3 is 2.71 bits per heavy atom. The Labute approximate surface area is 231 Å². The number of halogens is 2. The van der Waals surface area contributed by atoms with Crippen molar-refractivity contribution in [3.63, 3.8) is 0 Å². The van der Waals surface area contributed by atoms with Crippen LogP contribution in [0.15, 0.2) is 43.0 Å². The van der Waals surface area contributed by atoms with Crippen LogP contribution in [-0.2, 0) is 11.3 Å². The van der Waals surface area contributed by atoms with Crippen LogP contribution in [0.5, 0.6) is 5.75 Å². The Morgan fingerprint density at radius 1 is 1.16 bits per heavy atom. The van der Waals surface area contributed by atoms with Crippen LogP contribution in [0.2, 0.25) is 10.2 Å². The van der Waals surface area contributed by atoms with Crippen LogP contribution in [0.1, 0.15) is 25.3 Å². The Hall–Kier alpha value is -3.57. The van der Waals surface area contributed by atoms with E-state index in [2.05, 4.69) is 25.6 Å². The second-order valence-corrected chi connectivity index (χ2v) is 9.59. The summed E-state index contributed by atoms with van der Waals surface area (Å²) in [6.07, 6.45) is 5.91. The number of imidazole rings is 1. The number of ether oxygens (including phenoxy) is 1. The van der Waals surface area contributed by atoms with Gasteiger partial charge in [-0.3, -0.25) is 9.36 Å². The van der Waals surface area contributed by atoms with Gasteiger partial charge in [-0.1, -0.05) is 36.2 Å². The standard InChI is InChI=1S/C25H30Cl2N8O3/c1-3-6-29-25(37)33-9-10-35(22-13-21(27)31-24(32-22)34-8-7-28-16-34)18(15-33)12-23(36)30-14-17-4-5-20(38-2)19(26)11-17/h4-5,7-8,11,13,16,18H,3,6,9-10,12,14-15H2,1-2H3,(H,29,37)(H,30,36). The summed E-state index contributed by atoms with van der Waals surface area (Å²) in [7, 11) is 1.55. The number of carbonyl (C=O) groups excluding carboxylic acids is 2. The SMILES string of the molecule is CCCNC(=O)N1CCN(c2cc(Cl)nc(-n3ccnc3)n2)C(CC(=O)NCc2ccc(OC)c(Cl)c2)C1. The second-order valence-electron chi connectivity index (χ2n) is 8.79. The molecule has 1 atom stereocenters. The average Bonchev–Trinajstić information content (AvgIpc) is 3.45. The van der Waals surface area contributed by atoms with E-state index in [1.807, 2.05) is 17.9 Å². The van der Waals surface area contributed by atoms with Gasteiger partial charge in [-0.25, -0.2) is 14.8 Å². The van der Waals surface area contributed by atoms with E-state index in [1.54, 1.807) is 53.5 Å². The maximum atomic E-state index is 13.1. The fourth-order valence-electron chi connectivity index (χ4n) is 4.20. The highest BCUT2D eigenvalue weighted by molar-refractivity contribution is 6.32. The summed E-state index contributed by atoms with van der Waals surface area (Å²) in [5.74, 6) is 1.34. The average molecular weight is 561 g/mol. The Morgan fingerprint density at radius 2 is 2.00 bits per heavy atom. The summed E-state index contributed by atoms with van der Waals surface area (Å²) in [4.78, 5) is 42.5. The van der Waals surface area contributed by atoms with Gasteiger partial charge in [0.2, 0.25) is 11.9 Å². The minimum absolute atomic E-state index is 0.142. The predicted octanol–water partition coefficient (Wildman–Crippen LogP) is 3.29. The molecule has 1 fully saturated rings. The zero-order chi connectivity index (χ0) is 27.1. The van der Waals surface area contributed by atoms with Crippen LogP contribution >= 0.6 is 23.2 Å². The Bertz CT molecular complexity index is 1260. The lowest BCUT2D eigenvalue weighted by molar-refractivity contribution is -0.121. The van der Waals surface area contributed by atoms with Crippen molar-refractivity contribution in [1.82, 2.24) is 35.1 Å². The van der Waals surface area contributed by atoms with Gasteiger partial charge in [-0.05, 0) is 24.1 Å². The van der Waals surface area contributed by atoms with Gasteiger partial charge in [0.25, 0.3) is 0 Å². The lowest BCUT2D eigenvalue weighted by Crippen LogP contribution is -2.58. The van der Waals surface area contributed by atoms with Crippen LogP contribution in [-0.4, -0.2) is 75.7 Å². The number of anilines is 1. The molecule has 1 unspecified atom stereocenters. The van der Waals surface area contributed by atoms with E-state index in [9.17, 15) is 9.59 Å². The van der Waals surface area contributed by atoms with E-state index in [-0.39, 0.29) is 29.6 Å². The van der Waals surface area contributed by atoms with Crippen molar-refractivity contribution in [3.8, 4) is 11.7 Å². The van der Waals surface area contributed by atoms with Gasteiger partial charge in [0, 0.05) is 57.6 Å². The number of carbonyl (C=O) groups is 2. The fourth-order valence-corrected chi connectivity index (χ4v) is 4.65. The van der Waals surface area contributed by atoms with Crippen LogP contribution < -0.4 is 20.3 Å². The summed E-state index contributed by atoms with van der Waals surface area (Å²) in [5, 5.41) is 6.61. The zero-order valence-corrected chi connectivity index (χ0v) is 22.7. The number of hydrogen-bond donors (Lipinski definition) is 2. The monoisotopic (exact) mass is 560 g/mol. The highest BCUT2D eigenvalue weighted by Crippen LogP contribution is 2.26. The summed E-state index contributed by atoms with van der Waals surface area (Å²) >= 11 is 12.6. The molecule has 11 nitrogen and oxygen atoms in total. The number of aromatic nitrogens is 4. The number of nitrogens with zero attached hydrogens (tertiary/aromatic N) is 6. The number of rotatable bonds is 9. The van der Waals surface area contributed by atoms with Crippen molar-refractivity contribution in [1.29, 1.82) is 0 Å². The van der Waals surface area contributed by atoms with Gasteiger partial charge in [-0.15, -0.1) is 0 Å². The van der Waals surface area contributed by atoms with Crippen LogP contribution in [0, 0.1) is 0 Å². The Balaban J connectivity index is 1.51. The first-order valence-corrected chi connectivity index (χ1v) is 13.0. The molecule has 2 N–H and O–H groups in total. The van der Waals surface area contributed by atoms with E-state index in [4.69, 9.17) is 27.9 Å². The largest absolute Gasteiger partial charge is 0.495 e. The predicted molar refractivity (Wildman–Crippen MR) is 145 cm³/mol. The van der Waals surface area contributed by atoms with E-state index >= 15 is 0 Å². The van der Waals surface area contributed by atoms with Gasteiger partial charge >= 0.3 is 6.03 Å². The third-order valence-corrected chi connectivity index (χ3v) is 6.61. The van der Waals surface area contributed by atoms with Crippen molar-refractivity contribution < 1.29 is 14.3 Å². The molecule has 13 heteroatoms. The minimum atomic E-state index is -0.336. The quantitative estimate of drug-likeness (QED) is 0.385. The summed E-state index contributed by atoms with van der Waals surface area (Å²) in [6, 6.07) is 6.54. The molecule has 0 radical (unpaired) electrons. The van der Waals surface area contributed by atoms with Crippen molar-refractivity contribution in [2.75, 3.05) is 38.2 Å². The topological polar surface area (TPSA) is 118 Å². The maximum Gasteiger partial charge on any atom is 0.317 e. The molecule has 3 amide bonds. The first-order valence-electron chi connectivity index (χ1n) is 12.3. The molecule has 3 aromatic rings. The summed E-state index contributed by atoms with van der Waals surface area (Å²) in [6.45, 7) is 4.18. The van der Waals surface area contributed by atoms with Crippen LogP contribution in [0.25, 0.3) is 5.95 Å². The van der Waals surface area contributed by atoms with E-state index in [1.165, 1.54) is 0 Å². The highest BCUT2D eigenvalue weighted by Gasteiger charge is 2.32. The lowest BCUT2D eigenvalue weighted by Gasteiger charge is -2.42. The van der Waals surface area contributed by atoms with E-state index < -0.39 is 0 Å². The van der Waals surface area contributed by atoms with E-state index in [0.29, 0.717) is 55.3 Å². The molecule has 0 bridgehead atoms. The highest BCUT2D eigenvalue weighted by atomic mass is 35.5. The molecule has 3 heterocycles. The third kappa shape index (κ3) is 6.84. The number of methoxy groups -OCH3 is 1. The maximum absolute atomic E-state index is 13.1. The molecule has 0 saturated carbocycles. The molecule has 0 spiro atoms. The first kappa shape index (κ1) is 27.5. The molecule has 2 aromatic heterocycles. The molecule has 38 heavy (non-hydrogen) atoms. The number of hydrogen-bond acceptors (Lipinski definition) is 7. The van der Waals surface area contributed by atoms with Crippen LogP contribution in [0.4, 0.5) is 10.6 Å². The number of amides is 3. The molecule has 0 aliphatic carbocycles. The number of benzene rings is 1.